The molecule has 1 aliphatic heterocycles. The molecule has 0 spiro atoms. The number of halogens is 1. The minimum Gasteiger partial charge on any atom is -0.357 e. The van der Waals surface area contributed by atoms with Gasteiger partial charge in [-0.15, -0.1) is 0 Å². The molecule has 0 radical (unpaired) electrons. The molecule has 1 unspecified atom stereocenters. The summed E-state index contributed by atoms with van der Waals surface area (Å²) in [4.78, 5) is 3.36. The van der Waals surface area contributed by atoms with Crippen LogP contribution in [0.1, 0.15) is 31.0 Å². The molecule has 2 heterocycles. The predicted octanol–water partition coefficient (Wildman–Crippen LogP) is 3.12. The Balaban J connectivity index is 1.97. The molecule has 1 fully saturated rings. The van der Waals surface area contributed by atoms with Crippen molar-refractivity contribution in [1.82, 2.24) is 10.3 Å². The van der Waals surface area contributed by atoms with Gasteiger partial charge >= 0.3 is 0 Å². The Morgan fingerprint density at radius 2 is 2.12 bits per heavy atom. The van der Waals surface area contributed by atoms with Crippen LogP contribution in [0.25, 0.3) is 10.9 Å². The summed E-state index contributed by atoms with van der Waals surface area (Å²) < 4.78 is 13.1. The van der Waals surface area contributed by atoms with Crippen LogP contribution in [0.4, 0.5) is 4.39 Å². The molecule has 84 valence electrons. The highest BCUT2D eigenvalue weighted by Crippen LogP contribution is 2.26. The van der Waals surface area contributed by atoms with Crippen molar-refractivity contribution >= 4 is 10.9 Å². The first-order chi connectivity index (χ1) is 7.83. The van der Waals surface area contributed by atoms with Gasteiger partial charge in [-0.2, -0.15) is 0 Å². The second-order valence-corrected chi connectivity index (χ2v) is 4.46. The highest BCUT2D eigenvalue weighted by molar-refractivity contribution is 5.80. The van der Waals surface area contributed by atoms with E-state index in [1.165, 1.54) is 24.6 Å². The van der Waals surface area contributed by atoms with Crippen LogP contribution in [0.2, 0.25) is 0 Å². The molecule has 0 saturated carbocycles. The molecule has 3 rings (SSSR count). The Morgan fingerprint density at radius 1 is 1.19 bits per heavy atom. The zero-order chi connectivity index (χ0) is 11.0. The molecule has 1 saturated heterocycles. The summed E-state index contributed by atoms with van der Waals surface area (Å²) in [7, 11) is 0. The summed E-state index contributed by atoms with van der Waals surface area (Å²) in [6, 6.07) is 7.34. The molecule has 0 aliphatic carbocycles. The molecular formula is C13H15FN2. The van der Waals surface area contributed by atoms with Gasteiger partial charge in [0.25, 0.3) is 0 Å². The van der Waals surface area contributed by atoms with Crippen molar-refractivity contribution in [2.75, 3.05) is 6.54 Å². The maximum atomic E-state index is 13.1. The minimum atomic E-state index is -0.172. The molecule has 16 heavy (non-hydrogen) atoms. The minimum absolute atomic E-state index is 0.172. The van der Waals surface area contributed by atoms with Crippen LogP contribution in [0, 0.1) is 5.82 Å². The molecule has 2 aromatic rings. The number of hydrogen-bond acceptors (Lipinski definition) is 1. The fourth-order valence-corrected chi connectivity index (χ4v) is 2.43. The highest BCUT2D eigenvalue weighted by Gasteiger charge is 2.16. The Kier molecular flexibility index (Phi) is 2.40. The number of aromatic amines is 1. The number of piperidine rings is 1. The maximum absolute atomic E-state index is 13.1. The van der Waals surface area contributed by atoms with E-state index in [1.807, 2.05) is 0 Å². The van der Waals surface area contributed by atoms with Gasteiger partial charge in [0.1, 0.15) is 5.82 Å². The third kappa shape index (κ3) is 1.71. The predicted molar refractivity (Wildman–Crippen MR) is 62.9 cm³/mol. The van der Waals surface area contributed by atoms with Gasteiger partial charge in [-0.25, -0.2) is 4.39 Å². The topological polar surface area (TPSA) is 27.8 Å². The fourth-order valence-electron chi connectivity index (χ4n) is 2.43. The first kappa shape index (κ1) is 9.85. The van der Waals surface area contributed by atoms with Crippen LogP contribution in [0.15, 0.2) is 24.3 Å². The first-order valence-corrected chi connectivity index (χ1v) is 5.84. The molecule has 2 N–H and O–H groups in total. The van der Waals surface area contributed by atoms with Gasteiger partial charge < -0.3 is 10.3 Å². The fraction of sp³-hybridized carbons (Fsp3) is 0.385. The second-order valence-electron chi connectivity index (χ2n) is 4.46. The highest BCUT2D eigenvalue weighted by atomic mass is 19.1. The largest absolute Gasteiger partial charge is 0.357 e. The van der Waals surface area contributed by atoms with Crippen LogP contribution in [0.5, 0.6) is 0 Å². The summed E-state index contributed by atoms with van der Waals surface area (Å²) >= 11 is 0. The van der Waals surface area contributed by atoms with Crippen LogP contribution in [-0.4, -0.2) is 11.5 Å². The molecule has 3 heteroatoms. The van der Waals surface area contributed by atoms with Gasteiger partial charge in [0.05, 0.1) is 0 Å². The lowest BCUT2D eigenvalue weighted by Crippen LogP contribution is -2.26. The van der Waals surface area contributed by atoms with E-state index in [0.29, 0.717) is 6.04 Å². The van der Waals surface area contributed by atoms with Gasteiger partial charge in [0.15, 0.2) is 0 Å². The average molecular weight is 218 g/mol. The quantitative estimate of drug-likeness (QED) is 0.756. The number of aromatic nitrogens is 1. The molecule has 1 aliphatic rings. The van der Waals surface area contributed by atoms with Gasteiger partial charge in [-0.3, -0.25) is 0 Å². The van der Waals surface area contributed by atoms with Crippen molar-refractivity contribution < 1.29 is 4.39 Å². The number of fused-ring (bicyclic) bond motifs is 1. The standard InChI is InChI=1S/C13H15FN2/c14-10-4-5-11-9(7-10)8-13(16-11)12-3-1-2-6-15-12/h4-5,7-8,12,15-16H,1-3,6H2. The summed E-state index contributed by atoms with van der Waals surface area (Å²) in [5.74, 6) is -0.172. The van der Waals surface area contributed by atoms with Crippen molar-refractivity contribution in [2.45, 2.75) is 25.3 Å². The van der Waals surface area contributed by atoms with Crippen molar-refractivity contribution in [3.63, 3.8) is 0 Å². The molecule has 2 nitrogen and oxygen atoms in total. The molecule has 0 bridgehead atoms. The maximum Gasteiger partial charge on any atom is 0.123 e. The van der Waals surface area contributed by atoms with Gasteiger partial charge in [0.2, 0.25) is 0 Å². The van der Waals surface area contributed by atoms with Gasteiger partial charge in [-0.1, -0.05) is 6.42 Å². The third-order valence-electron chi connectivity index (χ3n) is 3.29. The molecule has 0 amide bonds. The lowest BCUT2D eigenvalue weighted by molar-refractivity contribution is 0.407. The van der Waals surface area contributed by atoms with Crippen molar-refractivity contribution in [1.29, 1.82) is 0 Å². The van der Waals surface area contributed by atoms with Crippen molar-refractivity contribution in [3.8, 4) is 0 Å². The Morgan fingerprint density at radius 3 is 2.94 bits per heavy atom. The Bertz CT molecular complexity index is 498. The average Bonchev–Trinajstić information content (AvgIpc) is 2.73. The SMILES string of the molecule is Fc1ccc2[nH]c(C3CCCCN3)cc2c1. The lowest BCUT2D eigenvalue weighted by Gasteiger charge is -2.22. The Labute approximate surface area is 93.9 Å². The zero-order valence-electron chi connectivity index (χ0n) is 9.09. The molecular weight excluding hydrogens is 203 g/mol. The van der Waals surface area contributed by atoms with E-state index in [-0.39, 0.29) is 5.82 Å². The van der Waals surface area contributed by atoms with E-state index in [2.05, 4.69) is 16.4 Å². The summed E-state index contributed by atoms with van der Waals surface area (Å²) in [6.07, 6.45) is 3.68. The summed E-state index contributed by atoms with van der Waals surface area (Å²) in [5.41, 5.74) is 2.20. The number of nitrogens with one attached hydrogen (secondary N) is 2. The van der Waals surface area contributed by atoms with Crippen molar-refractivity contribution in [3.05, 3.63) is 35.8 Å². The third-order valence-corrected chi connectivity index (χ3v) is 3.29. The number of H-pyrrole nitrogens is 1. The van der Waals surface area contributed by atoms with Crippen LogP contribution < -0.4 is 5.32 Å². The van der Waals surface area contributed by atoms with E-state index in [4.69, 9.17) is 0 Å². The monoisotopic (exact) mass is 218 g/mol. The number of benzene rings is 1. The van der Waals surface area contributed by atoms with Crippen LogP contribution in [-0.2, 0) is 0 Å². The van der Waals surface area contributed by atoms with Gasteiger partial charge in [0, 0.05) is 22.6 Å². The lowest BCUT2D eigenvalue weighted by atomic mass is 10.0. The first-order valence-electron chi connectivity index (χ1n) is 5.84. The van der Waals surface area contributed by atoms with Crippen molar-refractivity contribution in [2.24, 2.45) is 0 Å². The normalized spacial score (nSPS) is 21.4. The summed E-state index contributed by atoms with van der Waals surface area (Å²) in [5, 5.41) is 4.45. The smallest absolute Gasteiger partial charge is 0.123 e. The van der Waals surface area contributed by atoms with E-state index < -0.39 is 0 Å². The van der Waals surface area contributed by atoms with E-state index >= 15 is 0 Å². The molecule has 1 aromatic carbocycles. The molecule has 1 atom stereocenters. The Hall–Kier alpha value is -1.35. The number of rotatable bonds is 1. The van der Waals surface area contributed by atoms with E-state index in [9.17, 15) is 4.39 Å². The zero-order valence-corrected chi connectivity index (χ0v) is 9.09. The van der Waals surface area contributed by atoms with Gasteiger partial charge in [-0.05, 0) is 43.7 Å². The van der Waals surface area contributed by atoms with Crippen LogP contribution in [0.3, 0.4) is 0 Å². The van der Waals surface area contributed by atoms with E-state index in [0.717, 1.165) is 23.9 Å². The van der Waals surface area contributed by atoms with Crippen LogP contribution >= 0.6 is 0 Å². The number of hydrogen-bond donors (Lipinski definition) is 2. The summed E-state index contributed by atoms with van der Waals surface area (Å²) in [6.45, 7) is 1.08. The second kappa shape index (κ2) is 3.91. The molecule has 1 aromatic heterocycles. The van der Waals surface area contributed by atoms with E-state index in [1.54, 1.807) is 12.1 Å².